The zero-order valence-corrected chi connectivity index (χ0v) is 5.85. The van der Waals surface area contributed by atoms with Crippen molar-refractivity contribution in [3.63, 3.8) is 0 Å². The van der Waals surface area contributed by atoms with Crippen LogP contribution in [-0.4, -0.2) is 23.6 Å². The van der Waals surface area contributed by atoms with Crippen LogP contribution in [0.4, 0.5) is 0 Å². The van der Waals surface area contributed by atoms with Gasteiger partial charge < -0.3 is 29.6 Å². The van der Waals surface area contributed by atoms with Crippen LogP contribution < -0.4 is 5.32 Å². The Morgan fingerprint density at radius 1 is 1.88 bits per heavy atom. The van der Waals surface area contributed by atoms with Gasteiger partial charge in [0, 0.05) is 6.54 Å². The molecule has 1 heterocycles. The molecule has 0 bridgehead atoms. The molecular weight excluding hydrogens is 142 g/mol. The number of ether oxygens (including phenoxy) is 1. The van der Waals surface area contributed by atoms with Crippen molar-refractivity contribution in [2.24, 2.45) is 0 Å². The summed E-state index contributed by atoms with van der Waals surface area (Å²) in [5.74, 6) is 0. The summed E-state index contributed by atoms with van der Waals surface area (Å²) in [5, 5.41) is 2.99. The average Bonchev–Trinajstić information content (AvgIpc) is 2.12. The first-order valence-corrected chi connectivity index (χ1v) is 3.18. The lowest BCUT2D eigenvalue weighted by Gasteiger charge is -2.12. The maximum Gasteiger partial charge on any atom is 0.116 e. The minimum atomic E-state index is -0.139. The number of hydrogen-bond donors (Lipinski definition) is 1. The second-order valence-corrected chi connectivity index (χ2v) is 2.66. The normalized spacial score (nSPS) is 28.2. The highest BCUT2D eigenvalue weighted by Gasteiger charge is 2.10. The molecule has 1 atom stereocenters. The van der Waals surface area contributed by atoms with E-state index in [0.717, 1.165) is 13.2 Å². The largest absolute Gasteiger partial charge is 0.429 e. The van der Waals surface area contributed by atoms with Crippen LogP contribution in [0, 0.1) is 0 Å². The third-order valence-corrected chi connectivity index (χ3v) is 1.36. The minimum Gasteiger partial charge on any atom is -0.429 e. The molecule has 0 aliphatic carbocycles. The van der Waals surface area contributed by atoms with E-state index in [9.17, 15) is 0 Å². The van der Waals surface area contributed by atoms with Gasteiger partial charge in [0.05, 0.1) is 6.61 Å². The Bertz CT molecular complexity index is 100. The summed E-state index contributed by atoms with van der Waals surface area (Å²) in [6.45, 7) is 1.59. The van der Waals surface area contributed by atoms with Gasteiger partial charge in [0.1, 0.15) is 6.23 Å². The van der Waals surface area contributed by atoms with Crippen LogP contribution in [0.15, 0.2) is 0 Å². The van der Waals surface area contributed by atoms with Crippen molar-refractivity contribution < 1.29 is 4.74 Å². The molecule has 46 valence electrons. The summed E-state index contributed by atoms with van der Waals surface area (Å²) in [6, 6.07) is 0. The molecule has 0 saturated carbocycles. The number of nitrogens with one attached hydrogen (secondary N) is 1. The van der Waals surface area contributed by atoms with E-state index >= 15 is 0 Å². The fourth-order valence-electron chi connectivity index (χ4n) is 0.577. The standard InChI is InChI=1S/C4H7NOS2/c7-4(8)3-5-1-2-6-3/h3,5H,1-2H2,(H,7,8)/p-1. The van der Waals surface area contributed by atoms with Crippen molar-refractivity contribution in [3.8, 4) is 0 Å². The summed E-state index contributed by atoms with van der Waals surface area (Å²) in [4.78, 5) is 0. The van der Waals surface area contributed by atoms with Gasteiger partial charge in [-0.15, -0.1) is 4.20 Å². The second kappa shape index (κ2) is 2.68. The molecule has 1 aliphatic rings. The summed E-state index contributed by atoms with van der Waals surface area (Å²) in [6.07, 6.45) is -0.139. The van der Waals surface area contributed by atoms with Crippen LogP contribution in [0.2, 0.25) is 0 Å². The molecule has 1 unspecified atom stereocenters. The molecule has 2 nitrogen and oxygen atoms in total. The molecule has 0 aromatic heterocycles. The lowest BCUT2D eigenvalue weighted by Crippen LogP contribution is -2.28. The van der Waals surface area contributed by atoms with E-state index in [1.165, 1.54) is 0 Å². The van der Waals surface area contributed by atoms with Gasteiger partial charge in [-0.25, -0.2) is 0 Å². The summed E-state index contributed by atoms with van der Waals surface area (Å²) in [5.41, 5.74) is 0. The highest BCUT2D eigenvalue weighted by atomic mass is 32.1. The van der Waals surface area contributed by atoms with Crippen molar-refractivity contribution in [1.29, 1.82) is 0 Å². The van der Waals surface area contributed by atoms with E-state index < -0.39 is 0 Å². The molecule has 1 rings (SSSR count). The minimum absolute atomic E-state index is 0.139. The molecule has 0 aromatic carbocycles. The third-order valence-electron chi connectivity index (χ3n) is 0.930. The predicted octanol–water partition coefficient (Wildman–Crippen LogP) is -0.193. The van der Waals surface area contributed by atoms with Crippen molar-refractivity contribution in [1.82, 2.24) is 5.32 Å². The number of thiocarbonyl (C=S) groups is 1. The number of rotatable bonds is 1. The van der Waals surface area contributed by atoms with Crippen molar-refractivity contribution in [3.05, 3.63) is 0 Å². The molecule has 0 spiro atoms. The van der Waals surface area contributed by atoms with Gasteiger partial charge in [0.25, 0.3) is 0 Å². The molecular formula is C4H6NOS2-. The molecule has 1 N–H and O–H groups in total. The molecule has 1 saturated heterocycles. The van der Waals surface area contributed by atoms with Crippen LogP contribution in [0.3, 0.4) is 0 Å². The Labute approximate surface area is 59.0 Å². The Morgan fingerprint density at radius 2 is 2.62 bits per heavy atom. The van der Waals surface area contributed by atoms with Crippen molar-refractivity contribution in [2.75, 3.05) is 13.2 Å². The van der Waals surface area contributed by atoms with Crippen LogP contribution in [-0.2, 0) is 17.4 Å². The van der Waals surface area contributed by atoms with E-state index in [-0.39, 0.29) is 6.23 Å². The SMILES string of the molecule is S=C([S-])C1NCCO1. The smallest absolute Gasteiger partial charge is 0.116 e. The van der Waals surface area contributed by atoms with Crippen molar-refractivity contribution >= 4 is 29.0 Å². The maximum atomic E-state index is 5.06. The average molecular weight is 148 g/mol. The van der Waals surface area contributed by atoms with Gasteiger partial charge in [-0.3, -0.25) is 5.32 Å². The summed E-state index contributed by atoms with van der Waals surface area (Å²) in [7, 11) is 0. The zero-order valence-electron chi connectivity index (χ0n) is 4.22. The van der Waals surface area contributed by atoms with E-state index in [1.54, 1.807) is 0 Å². The Morgan fingerprint density at radius 3 is 2.88 bits per heavy atom. The fraction of sp³-hybridized carbons (Fsp3) is 0.750. The molecule has 0 radical (unpaired) electrons. The van der Waals surface area contributed by atoms with Crippen molar-refractivity contribution in [2.45, 2.75) is 6.23 Å². The molecule has 4 heteroatoms. The van der Waals surface area contributed by atoms with E-state index in [2.05, 4.69) is 30.2 Å². The molecule has 8 heavy (non-hydrogen) atoms. The van der Waals surface area contributed by atoms with Gasteiger partial charge in [-0.05, 0) is 0 Å². The van der Waals surface area contributed by atoms with Gasteiger partial charge in [-0.1, -0.05) is 0 Å². The lowest BCUT2D eigenvalue weighted by molar-refractivity contribution is 0.156. The quantitative estimate of drug-likeness (QED) is 0.411. The lowest BCUT2D eigenvalue weighted by atomic mass is 10.6. The highest BCUT2D eigenvalue weighted by Crippen LogP contribution is 1.95. The zero-order chi connectivity index (χ0) is 5.98. The Balaban J connectivity index is 2.35. The van der Waals surface area contributed by atoms with Gasteiger partial charge in [0.15, 0.2) is 0 Å². The second-order valence-electron chi connectivity index (χ2n) is 1.52. The van der Waals surface area contributed by atoms with Gasteiger partial charge >= 0.3 is 0 Å². The third kappa shape index (κ3) is 1.35. The first-order chi connectivity index (χ1) is 3.80. The van der Waals surface area contributed by atoms with Gasteiger partial charge in [0.2, 0.25) is 0 Å². The van der Waals surface area contributed by atoms with Crippen LogP contribution in [0.1, 0.15) is 0 Å². The Hall–Kier alpha value is 0.230. The summed E-state index contributed by atoms with van der Waals surface area (Å²) >= 11 is 9.37. The van der Waals surface area contributed by atoms with E-state index in [0.29, 0.717) is 4.20 Å². The van der Waals surface area contributed by atoms with Gasteiger partial charge in [-0.2, -0.15) is 0 Å². The molecule has 1 fully saturated rings. The monoisotopic (exact) mass is 148 g/mol. The molecule has 0 amide bonds. The highest BCUT2D eigenvalue weighted by molar-refractivity contribution is 8.00. The maximum absolute atomic E-state index is 5.06. The summed E-state index contributed by atoms with van der Waals surface area (Å²) < 4.78 is 5.53. The Kier molecular flexibility index (Phi) is 2.13. The van der Waals surface area contributed by atoms with Crippen LogP contribution in [0.5, 0.6) is 0 Å². The van der Waals surface area contributed by atoms with E-state index in [1.807, 2.05) is 0 Å². The predicted molar refractivity (Wildman–Crippen MR) is 37.7 cm³/mol. The first-order valence-electron chi connectivity index (χ1n) is 2.36. The van der Waals surface area contributed by atoms with Crippen LogP contribution >= 0.6 is 12.2 Å². The topological polar surface area (TPSA) is 21.3 Å². The molecule has 1 aliphatic heterocycles. The molecule has 0 aromatic rings. The first kappa shape index (κ1) is 6.35. The number of hydrogen-bond acceptors (Lipinski definition) is 4. The fourth-order valence-corrected chi connectivity index (χ4v) is 0.880. The van der Waals surface area contributed by atoms with E-state index in [4.69, 9.17) is 4.74 Å². The van der Waals surface area contributed by atoms with Crippen LogP contribution in [0.25, 0.3) is 0 Å².